The fraction of sp³-hybridized carbons (Fsp3) is 0.529. The molecule has 2 amide bonds. The summed E-state index contributed by atoms with van der Waals surface area (Å²) in [5.74, 6) is -0.292. The number of nitrogens with zero attached hydrogens (tertiary/aromatic N) is 2. The molecule has 0 fully saturated rings. The second-order valence-electron chi connectivity index (χ2n) is 5.45. The molecule has 0 atom stereocenters. The monoisotopic (exact) mass is 288 g/mol. The maximum Gasteiger partial charge on any atom is 0.261 e. The van der Waals surface area contributed by atoms with Gasteiger partial charge in [-0.2, -0.15) is 0 Å². The van der Waals surface area contributed by atoms with Crippen molar-refractivity contribution in [2.45, 2.75) is 33.1 Å². The number of unbranched alkanes of at least 4 members (excludes halogenated alkanes) is 1. The molecule has 1 heterocycles. The zero-order valence-corrected chi connectivity index (χ0v) is 13.0. The van der Waals surface area contributed by atoms with E-state index in [9.17, 15) is 9.59 Å². The molecule has 1 aliphatic rings. The first-order valence-corrected chi connectivity index (χ1v) is 7.86. The molecule has 0 unspecified atom stereocenters. The molecule has 2 rings (SSSR count). The van der Waals surface area contributed by atoms with Crippen molar-refractivity contribution < 1.29 is 9.59 Å². The maximum absolute atomic E-state index is 12.2. The highest BCUT2D eigenvalue weighted by Crippen LogP contribution is 2.22. The number of rotatable bonds is 8. The van der Waals surface area contributed by atoms with E-state index >= 15 is 0 Å². The van der Waals surface area contributed by atoms with Gasteiger partial charge in [-0.15, -0.1) is 0 Å². The van der Waals surface area contributed by atoms with Crippen molar-refractivity contribution in [2.75, 3.05) is 26.2 Å². The lowest BCUT2D eigenvalue weighted by Gasteiger charge is -2.21. The number of fused-ring (bicyclic) bond motifs is 1. The Morgan fingerprint density at radius 2 is 1.52 bits per heavy atom. The summed E-state index contributed by atoms with van der Waals surface area (Å²) in [6.07, 6.45) is 3.22. The van der Waals surface area contributed by atoms with Crippen LogP contribution in [0.3, 0.4) is 0 Å². The SMILES string of the molecule is CCCCN(CC)CCCN1C(=O)c2ccccc2C1=O. The zero-order valence-electron chi connectivity index (χ0n) is 13.0. The molecular weight excluding hydrogens is 264 g/mol. The van der Waals surface area contributed by atoms with Gasteiger partial charge in [0.25, 0.3) is 11.8 Å². The zero-order chi connectivity index (χ0) is 15.2. The fourth-order valence-corrected chi connectivity index (χ4v) is 2.70. The molecule has 1 aliphatic heterocycles. The minimum absolute atomic E-state index is 0.146. The van der Waals surface area contributed by atoms with Crippen LogP contribution >= 0.6 is 0 Å². The molecule has 0 saturated carbocycles. The topological polar surface area (TPSA) is 40.6 Å². The predicted octanol–water partition coefficient (Wildman–Crippen LogP) is 2.79. The average Bonchev–Trinajstić information content (AvgIpc) is 2.76. The smallest absolute Gasteiger partial charge is 0.261 e. The van der Waals surface area contributed by atoms with Crippen molar-refractivity contribution in [3.8, 4) is 0 Å². The maximum atomic E-state index is 12.2. The molecule has 0 radical (unpaired) electrons. The summed E-state index contributed by atoms with van der Waals surface area (Å²) in [4.78, 5) is 28.2. The van der Waals surface area contributed by atoms with Gasteiger partial charge in [-0.1, -0.05) is 32.4 Å². The summed E-state index contributed by atoms with van der Waals surface area (Å²) in [5, 5.41) is 0. The molecular formula is C17H24N2O2. The number of imide groups is 1. The number of hydrogen-bond acceptors (Lipinski definition) is 3. The molecule has 0 aromatic heterocycles. The van der Waals surface area contributed by atoms with Crippen LogP contribution in [0, 0.1) is 0 Å². The Kier molecular flexibility index (Phi) is 5.51. The largest absolute Gasteiger partial charge is 0.304 e. The van der Waals surface area contributed by atoms with E-state index in [1.54, 1.807) is 24.3 Å². The molecule has 1 aromatic rings. The van der Waals surface area contributed by atoms with Crippen LogP contribution in [-0.2, 0) is 0 Å². The Hall–Kier alpha value is -1.68. The van der Waals surface area contributed by atoms with Gasteiger partial charge in [0.2, 0.25) is 0 Å². The molecule has 4 heteroatoms. The molecule has 4 nitrogen and oxygen atoms in total. The minimum Gasteiger partial charge on any atom is -0.304 e. The highest BCUT2D eigenvalue weighted by Gasteiger charge is 2.34. The van der Waals surface area contributed by atoms with Crippen LogP contribution in [0.2, 0.25) is 0 Å². The summed E-state index contributed by atoms with van der Waals surface area (Å²) >= 11 is 0. The van der Waals surface area contributed by atoms with E-state index < -0.39 is 0 Å². The van der Waals surface area contributed by atoms with Crippen molar-refractivity contribution in [1.29, 1.82) is 0 Å². The second kappa shape index (κ2) is 7.36. The number of hydrogen-bond donors (Lipinski definition) is 0. The van der Waals surface area contributed by atoms with E-state index in [1.165, 1.54) is 17.7 Å². The summed E-state index contributed by atoms with van der Waals surface area (Å²) < 4.78 is 0. The van der Waals surface area contributed by atoms with E-state index in [1.807, 2.05) is 0 Å². The number of benzene rings is 1. The Balaban J connectivity index is 1.88. The third-order valence-corrected chi connectivity index (χ3v) is 4.01. The first-order valence-electron chi connectivity index (χ1n) is 7.86. The first kappa shape index (κ1) is 15.7. The van der Waals surface area contributed by atoms with E-state index in [4.69, 9.17) is 0 Å². The van der Waals surface area contributed by atoms with Crippen molar-refractivity contribution in [2.24, 2.45) is 0 Å². The molecule has 0 saturated heterocycles. The Bertz CT molecular complexity index is 478. The summed E-state index contributed by atoms with van der Waals surface area (Å²) in [7, 11) is 0. The molecule has 0 spiro atoms. The normalized spacial score (nSPS) is 14.1. The van der Waals surface area contributed by atoms with Gasteiger partial charge in [0.1, 0.15) is 0 Å². The quantitative estimate of drug-likeness (QED) is 0.691. The van der Waals surface area contributed by atoms with E-state index in [-0.39, 0.29) is 11.8 Å². The number of carbonyl (C=O) groups is 2. The lowest BCUT2D eigenvalue weighted by molar-refractivity contribution is 0.0647. The molecule has 1 aromatic carbocycles. The van der Waals surface area contributed by atoms with Crippen molar-refractivity contribution in [3.63, 3.8) is 0 Å². The van der Waals surface area contributed by atoms with Crippen LogP contribution in [0.5, 0.6) is 0 Å². The van der Waals surface area contributed by atoms with E-state index in [0.717, 1.165) is 26.1 Å². The minimum atomic E-state index is -0.146. The molecule has 21 heavy (non-hydrogen) atoms. The predicted molar refractivity (Wildman–Crippen MR) is 83.4 cm³/mol. The van der Waals surface area contributed by atoms with Gasteiger partial charge in [-0.05, 0) is 44.6 Å². The lowest BCUT2D eigenvalue weighted by atomic mass is 10.1. The standard InChI is InChI=1S/C17H24N2O2/c1-3-5-11-18(4-2)12-8-13-19-16(20)14-9-6-7-10-15(14)17(19)21/h6-7,9-10H,3-5,8,11-13H2,1-2H3. The Morgan fingerprint density at radius 1 is 0.952 bits per heavy atom. The molecule has 0 N–H and O–H groups in total. The van der Waals surface area contributed by atoms with Crippen LogP contribution in [0.25, 0.3) is 0 Å². The fourth-order valence-electron chi connectivity index (χ4n) is 2.70. The van der Waals surface area contributed by atoms with Crippen LogP contribution in [0.4, 0.5) is 0 Å². The molecule has 0 aliphatic carbocycles. The molecule has 0 bridgehead atoms. The average molecular weight is 288 g/mol. The third kappa shape index (κ3) is 3.50. The van der Waals surface area contributed by atoms with Gasteiger partial charge < -0.3 is 4.90 Å². The lowest BCUT2D eigenvalue weighted by Crippen LogP contribution is -2.34. The first-order chi connectivity index (χ1) is 10.2. The Morgan fingerprint density at radius 3 is 2.05 bits per heavy atom. The summed E-state index contributed by atoms with van der Waals surface area (Å²) in [5.41, 5.74) is 1.08. The van der Waals surface area contributed by atoms with Crippen LogP contribution in [0.1, 0.15) is 53.8 Å². The highest BCUT2D eigenvalue weighted by molar-refractivity contribution is 6.21. The van der Waals surface area contributed by atoms with Crippen LogP contribution < -0.4 is 0 Å². The second-order valence-corrected chi connectivity index (χ2v) is 5.45. The van der Waals surface area contributed by atoms with Crippen LogP contribution in [-0.4, -0.2) is 47.8 Å². The van der Waals surface area contributed by atoms with Gasteiger partial charge in [0.15, 0.2) is 0 Å². The highest BCUT2D eigenvalue weighted by atomic mass is 16.2. The summed E-state index contributed by atoms with van der Waals surface area (Å²) in [6.45, 7) is 7.89. The number of amides is 2. The van der Waals surface area contributed by atoms with Crippen molar-refractivity contribution in [1.82, 2.24) is 9.80 Å². The molecule has 114 valence electrons. The number of carbonyl (C=O) groups excluding carboxylic acids is 2. The Labute approximate surface area is 126 Å². The van der Waals surface area contributed by atoms with Gasteiger partial charge >= 0.3 is 0 Å². The van der Waals surface area contributed by atoms with E-state index in [0.29, 0.717) is 17.7 Å². The summed E-state index contributed by atoms with van der Waals surface area (Å²) in [6, 6.07) is 7.07. The van der Waals surface area contributed by atoms with Crippen molar-refractivity contribution in [3.05, 3.63) is 35.4 Å². The van der Waals surface area contributed by atoms with Gasteiger partial charge in [0, 0.05) is 6.54 Å². The van der Waals surface area contributed by atoms with E-state index in [2.05, 4.69) is 18.7 Å². The third-order valence-electron chi connectivity index (χ3n) is 4.01. The van der Waals surface area contributed by atoms with Crippen LogP contribution in [0.15, 0.2) is 24.3 Å². The van der Waals surface area contributed by atoms with Gasteiger partial charge in [-0.3, -0.25) is 14.5 Å². The van der Waals surface area contributed by atoms with Crippen molar-refractivity contribution >= 4 is 11.8 Å². The van der Waals surface area contributed by atoms with Gasteiger partial charge in [-0.25, -0.2) is 0 Å². The van der Waals surface area contributed by atoms with Gasteiger partial charge in [0.05, 0.1) is 11.1 Å².